The van der Waals surface area contributed by atoms with Crippen LogP contribution in [0.1, 0.15) is 6.92 Å². The lowest BCUT2D eigenvalue weighted by Gasteiger charge is -2.11. The van der Waals surface area contributed by atoms with Crippen molar-refractivity contribution < 1.29 is 14.5 Å². The second-order valence-corrected chi connectivity index (χ2v) is 7.90. The molecule has 0 atom stereocenters. The van der Waals surface area contributed by atoms with Crippen molar-refractivity contribution in [1.29, 1.82) is 0 Å². The van der Waals surface area contributed by atoms with Gasteiger partial charge in [0.25, 0.3) is 5.69 Å². The second kappa shape index (κ2) is 10.6. The predicted molar refractivity (Wildman–Crippen MR) is 128 cm³/mol. The van der Waals surface area contributed by atoms with Crippen LogP contribution in [0.15, 0.2) is 78.2 Å². The Morgan fingerprint density at radius 3 is 2.68 bits per heavy atom. The van der Waals surface area contributed by atoms with E-state index >= 15 is 0 Å². The summed E-state index contributed by atoms with van der Waals surface area (Å²) in [6, 6.07) is 17.0. The number of carbonyl (C=O) groups excluding carboxylic acids is 1. The van der Waals surface area contributed by atoms with E-state index in [0.717, 1.165) is 17.0 Å². The van der Waals surface area contributed by atoms with Crippen LogP contribution in [0.3, 0.4) is 0 Å². The van der Waals surface area contributed by atoms with E-state index in [-0.39, 0.29) is 17.3 Å². The van der Waals surface area contributed by atoms with E-state index in [1.54, 1.807) is 18.5 Å². The van der Waals surface area contributed by atoms with Gasteiger partial charge in [0.15, 0.2) is 11.0 Å². The first kappa shape index (κ1) is 22.9. The van der Waals surface area contributed by atoms with Gasteiger partial charge in [-0.2, -0.15) is 0 Å². The van der Waals surface area contributed by atoms with Gasteiger partial charge in [0.1, 0.15) is 5.75 Å². The van der Waals surface area contributed by atoms with Gasteiger partial charge < -0.3 is 10.1 Å². The van der Waals surface area contributed by atoms with E-state index in [2.05, 4.69) is 20.5 Å². The van der Waals surface area contributed by atoms with Crippen molar-refractivity contribution in [2.45, 2.75) is 12.1 Å². The maximum Gasteiger partial charge on any atom is 0.271 e. The Labute approximate surface area is 199 Å². The molecule has 0 unspecified atom stereocenters. The molecular formula is C23H20N6O4S. The molecule has 0 saturated carbocycles. The molecule has 11 heteroatoms. The summed E-state index contributed by atoms with van der Waals surface area (Å²) in [5.74, 6) is 1.03. The SMILES string of the molecule is CCOc1ccc(-n2c(SCC(=O)Nc3cccc([N+](=O)[O-])c3)nnc2-c2cccnc2)cc1. The van der Waals surface area contributed by atoms with Gasteiger partial charge in [0.2, 0.25) is 5.91 Å². The lowest BCUT2D eigenvalue weighted by molar-refractivity contribution is -0.384. The van der Waals surface area contributed by atoms with Gasteiger partial charge in [0, 0.05) is 41.5 Å². The number of non-ortho nitro benzene ring substituents is 1. The average molecular weight is 477 g/mol. The fraction of sp³-hybridized carbons (Fsp3) is 0.130. The number of benzene rings is 2. The molecule has 0 bridgehead atoms. The van der Waals surface area contributed by atoms with Crippen molar-refractivity contribution >= 4 is 29.0 Å². The fourth-order valence-corrected chi connectivity index (χ4v) is 3.91. The molecule has 0 aliphatic rings. The summed E-state index contributed by atoms with van der Waals surface area (Å²) in [5.41, 5.74) is 1.83. The number of ether oxygens (including phenoxy) is 1. The van der Waals surface area contributed by atoms with Crippen LogP contribution in [0.4, 0.5) is 11.4 Å². The van der Waals surface area contributed by atoms with Crippen molar-refractivity contribution in [1.82, 2.24) is 19.7 Å². The molecule has 2 heterocycles. The molecule has 1 amide bonds. The van der Waals surface area contributed by atoms with Crippen LogP contribution in [0.5, 0.6) is 5.75 Å². The number of pyridine rings is 1. The second-order valence-electron chi connectivity index (χ2n) is 6.95. The normalized spacial score (nSPS) is 10.6. The number of thioether (sulfide) groups is 1. The number of hydrogen-bond donors (Lipinski definition) is 1. The number of amides is 1. The number of nitro benzene ring substituents is 1. The Balaban J connectivity index is 1.57. The van der Waals surface area contributed by atoms with Crippen molar-refractivity contribution in [3.05, 3.63) is 83.2 Å². The van der Waals surface area contributed by atoms with Crippen LogP contribution in [-0.4, -0.2) is 42.9 Å². The number of rotatable bonds is 9. The van der Waals surface area contributed by atoms with Crippen LogP contribution < -0.4 is 10.1 Å². The smallest absolute Gasteiger partial charge is 0.271 e. The number of anilines is 1. The molecule has 0 aliphatic carbocycles. The summed E-state index contributed by atoms with van der Waals surface area (Å²) in [5, 5.41) is 22.8. The Bertz CT molecular complexity index is 1290. The topological polar surface area (TPSA) is 125 Å². The first-order chi connectivity index (χ1) is 16.5. The molecule has 2 aromatic carbocycles. The van der Waals surface area contributed by atoms with Gasteiger partial charge in [-0.05, 0) is 49.4 Å². The molecular weight excluding hydrogens is 456 g/mol. The molecule has 10 nitrogen and oxygen atoms in total. The highest BCUT2D eigenvalue weighted by Gasteiger charge is 2.18. The van der Waals surface area contributed by atoms with E-state index in [1.807, 2.05) is 47.9 Å². The lowest BCUT2D eigenvalue weighted by atomic mass is 10.2. The minimum atomic E-state index is -0.510. The number of nitrogens with zero attached hydrogens (tertiary/aromatic N) is 5. The van der Waals surface area contributed by atoms with E-state index in [1.165, 1.54) is 30.0 Å². The number of nitro groups is 1. The van der Waals surface area contributed by atoms with E-state index < -0.39 is 4.92 Å². The molecule has 2 aromatic heterocycles. The van der Waals surface area contributed by atoms with E-state index in [0.29, 0.717) is 23.3 Å². The molecule has 1 N–H and O–H groups in total. The van der Waals surface area contributed by atoms with Gasteiger partial charge in [-0.25, -0.2) is 0 Å². The number of carbonyl (C=O) groups is 1. The third kappa shape index (κ3) is 5.38. The molecule has 4 aromatic rings. The summed E-state index contributed by atoms with van der Waals surface area (Å²) < 4.78 is 7.38. The third-order valence-electron chi connectivity index (χ3n) is 4.63. The molecule has 4 rings (SSSR count). The monoisotopic (exact) mass is 476 g/mol. The first-order valence-corrected chi connectivity index (χ1v) is 11.3. The highest BCUT2D eigenvalue weighted by Crippen LogP contribution is 2.29. The minimum absolute atomic E-state index is 0.0326. The van der Waals surface area contributed by atoms with Gasteiger partial charge in [0.05, 0.1) is 17.3 Å². The zero-order valence-corrected chi connectivity index (χ0v) is 18.9. The third-order valence-corrected chi connectivity index (χ3v) is 5.56. The first-order valence-electron chi connectivity index (χ1n) is 10.3. The largest absolute Gasteiger partial charge is 0.494 e. The molecule has 34 heavy (non-hydrogen) atoms. The maximum absolute atomic E-state index is 12.5. The van der Waals surface area contributed by atoms with Gasteiger partial charge >= 0.3 is 0 Å². The van der Waals surface area contributed by atoms with Gasteiger partial charge in [-0.3, -0.25) is 24.5 Å². The number of hydrogen-bond acceptors (Lipinski definition) is 8. The molecule has 0 spiro atoms. The van der Waals surface area contributed by atoms with E-state index in [9.17, 15) is 14.9 Å². The molecule has 0 fully saturated rings. The van der Waals surface area contributed by atoms with Crippen molar-refractivity contribution in [3.8, 4) is 22.8 Å². The average Bonchev–Trinajstić information content (AvgIpc) is 3.28. The number of aromatic nitrogens is 4. The molecule has 172 valence electrons. The Hall–Kier alpha value is -4.25. The van der Waals surface area contributed by atoms with Crippen molar-refractivity contribution in [3.63, 3.8) is 0 Å². The fourth-order valence-electron chi connectivity index (χ4n) is 3.16. The quantitative estimate of drug-likeness (QED) is 0.214. The standard InChI is InChI=1S/C23H20N6O4S/c1-2-33-20-10-8-18(9-11-20)28-22(16-5-4-12-24-14-16)26-27-23(28)34-15-21(30)25-17-6-3-7-19(13-17)29(31)32/h3-14H,2,15H2,1H3,(H,25,30). The van der Waals surface area contributed by atoms with Gasteiger partial charge in [-0.15, -0.1) is 10.2 Å². The summed E-state index contributed by atoms with van der Waals surface area (Å²) in [6.07, 6.45) is 3.37. The van der Waals surface area contributed by atoms with Crippen LogP contribution in [0.25, 0.3) is 17.1 Å². The molecule has 0 saturated heterocycles. The van der Waals surface area contributed by atoms with Crippen LogP contribution in [0.2, 0.25) is 0 Å². The maximum atomic E-state index is 12.5. The van der Waals surface area contributed by atoms with Crippen LogP contribution >= 0.6 is 11.8 Å². The highest BCUT2D eigenvalue weighted by molar-refractivity contribution is 7.99. The highest BCUT2D eigenvalue weighted by atomic mass is 32.2. The van der Waals surface area contributed by atoms with Gasteiger partial charge in [-0.1, -0.05) is 17.8 Å². The Kier molecular flexibility index (Phi) is 7.13. The number of nitrogens with one attached hydrogen (secondary N) is 1. The van der Waals surface area contributed by atoms with Crippen LogP contribution in [0, 0.1) is 10.1 Å². The Morgan fingerprint density at radius 2 is 1.97 bits per heavy atom. The summed E-state index contributed by atoms with van der Waals surface area (Å²) >= 11 is 1.20. The molecule has 0 aliphatic heterocycles. The Morgan fingerprint density at radius 1 is 1.15 bits per heavy atom. The lowest BCUT2D eigenvalue weighted by Crippen LogP contribution is -2.14. The van der Waals surface area contributed by atoms with Crippen molar-refractivity contribution in [2.24, 2.45) is 0 Å². The predicted octanol–water partition coefficient (Wildman–Crippen LogP) is 4.37. The summed E-state index contributed by atoms with van der Waals surface area (Å²) in [6.45, 7) is 2.48. The van der Waals surface area contributed by atoms with E-state index in [4.69, 9.17) is 4.74 Å². The molecule has 0 radical (unpaired) electrons. The zero-order chi connectivity index (χ0) is 23.9. The van der Waals surface area contributed by atoms with Crippen molar-refractivity contribution in [2.75, 3.05) is 17.7 Å². The zero-order valence-electron chi connectivity index (χ0n) is 18.1. The van der Waals surface area contributed by atoms with Crippen LogP contribution in [-0.2, 0) is 4.79 Å². The minimum Gasteiger partial charge on any atom is -0.494 e. The summed E-state index contributed by atoms with van der Waals surface area (Å²) in [4.78, 5) is 27.1. The summed E-state index contributed by atoms with van der Waals surface area (Å²) in [7, 11) is 0.